The Labute approximate surface area is 135 Å². The second kappa shape index (κ2) is 12.0. The van der Waals surface area contributed by atoms with Gasteiger partial charge in [0.05, 0.1) is 37.2 Å². The van der Waals surface area contributed by atoms with E-state index < -0.39 is 0 Å². The number of thioether (sulfide) groups is 1. The van der Waals surface area contributed by atoms with Crippen molar-refractivity contribution in [2.24, 2.45) is 0 Å². The van der Waals surface area contributed by atoms with Crippen molar-refractivity contribution in [2.45, 2.75) is 12.7 Å². The third-order valence-corrected chi connectivity index (χ3v) is 3.59. The summed E-state index contributed by atoms with van der Waals surface area (Å²) >= 11 is 1.46. The highest BCUT2D eigenvalue weighted by Gasteiger charge is 2.04. The molecule has 0 saturated heterocycles. The molecule has 1 aromatic carbocycles. The van der Waals surface area contributed by atoms with Crippen molar-refractivity contribution in [2.75, 3.05) is 38.8 Å². The minimum atomic E-state index is -0.255. The molecule has 0 fully saturated rings. The zero-order valence-electron chi connectivity index (χ0n) is 12.7. The number of rotatable bonds is 11. The number of hydrogen-bond donors (Lipinski definition) is 0. The van der Waals surface area contributed by atoms with Gasteiger partial charge >= 0.3 is 5.97 Å². The van der Waals surface area contributed by atoms with Crippen LogP contribution in [0.1, 0.15) is 18.1 Å². The number of esters is 1. The summed E-state index contributed by atoms with van der Waals surface area (Å²) in [6.45, 7) is 4.31. The van der Waals surface area contributed by atoms with E-state index in [9.17, 15) is 4.79 Å². The quantitative estimate of drug-likeness (QED) is 0.460. The van der Waals surface area contributed by atoms with Gasteiger partial charge in [-0.05, 0) is 24.6 Å². The lowest BCUT2D eigenvalue weighted by atomic mass is 10.2. The highest BCUT2D eigenvalue weighted by Crippen LogP contribution is 2.13. The van der Waals surface area contributed by atoms with Gasteiger partial charge in [-0.15, -0.1) is 11.8 Å². The lowest BCUT2D eigenvalue weighted by molar-refractivity contribution is -0.142. The van der Waals surface area contributed by atoms with Crippen LogP contribution in [-0.2, 0) is 24.8 Å². The molecule has 22 heavy (non-hydrogen) atoms. The molecule has 1 rings (SSSR count). The van der Waals surface area contributed by atoms with Gasteiger partial charge in [-0.3, -0.25) is 4.79 Å². The monoisotopic (exact) mass is 323 g/mol. The van der Waals surface area contributed by atoms with E-state index >= 15 is 0 Å². The van der Waals surface area contributed by atoms with E-state index in [1.54, 1.807) is 6.07 Å². The maximum Gasteiger partial charge on any atom is 0.315 e. The van der Waals surface area contributed by atoms with Crippen LogP contribution in [-0.4, -0.2) is 44.8 Å². The smallest absolute Gasteiger partial charge is 0.315 e. The van der Waals surface area contributed by atoms with E-state index in [0.29, 0.717) is 37.7 Å². The third kappa shape index (κ3) is 8.67. The van der Waals surface area contributed by atoms with Crippen molar-refractivity contribution in [1.29, 1.82) is 5.26 Å². The molecule has 0 spiro atoms. The molecule has 0 saturated carbocycles. The topological polar surface area (TPSA) is 68.6 Å². The second-order valence-electron chi connectivity index (χ2n) is 4.33. The average Bonchev–Trinajstić information content (AvgIpc) is 2.54. The summed E-state index contributed by atoms with van der Waals surface area (Å²) in [5, 5.41) is 8.81. The van der Waals surface area contributed by atoms with Gasteiger partial charge in [0.2, 0.25) is 0 Å². The molecule has 0 bridgehead atoms. The number of carbonyl (C=O) groups excluding carboxylic acids is 1. The van der Waals surface area contributed by atoms with Crippen LogP contribution in [0, 0.1) is 11.3 Å². The summed E-state index contributed by atoms with van der Waals surface area (Å²) in [5.41, 5.74) is 1.65. The molecule has 6 heteroatoms. The SMILES string of the molecule is CCOCCOCCOC(=O)CSCc1cccc(C#N)c1. The molecule has 120 valence electrons. The van der Waals surface area contributed by atoms with E-state index in [2.05, 4.69) is 6.07 Å². The fraction of sp³-hybridized carbons (Fsp3) is 0.500. The zero-order valence-corrected chi connectivity index (χ0v) is 13.6. The number of nitriles is 1. The Morgan fingerprint density at radius 2 is 2.00 bits per heavy atom. The van der Waals surface area contributed by atoms with E-state index in [0.717, 1.165) is 5.56 Å². The van der Waals surface area contributed by atoms with Crippen LogP contribution in [0.25, 0.3) is 0 Å². The molecule has 0 aliphatic rings. The van der Waals surface area contributed by atoms with Gasteiger partial charge in [0.25, 0.3) is 0 Å². The summed E-state index contributed by atoms with van der Waals surface area (Å²) < 4.78 is 15.4. The first-order valence-corrected chi connectivity index (χ1v) is 8.29. The molecule has 1 aromatic rings. The fourth-order valence-corrected chi connectivity index (χ4v) is 2.37. The zero-order chi connectivity index (χ0) is 16.0. The average molecular weight is 323 g/mol. The standard InChI is InChI=1S/C16H21NO4S/c1-2-19-6-7-20-8-9-21-16(18)13-22-12-15-5-3-4-14(10-15)11-17/h3-5,10H,2,6-9,12-13H2,1H3. The van der Waals surface area contributed by atoms with Crippen LogP contribution in [0.5, 0.6) is 0 Å². The number of hydrogen-bond acceptors (Lipinski definition) is 6. The van der Waals surface area contributed by atoms with Gasteiger partial charge in [-0.2, -0.15) is 5.26 Å². The lowest BCUT2D eigenvalue weighted by Gasteiger charge is -2.06. The number of benzene rings is 1. The summed E-state index contributed by atoms with van der Waals surface area (Å²) in [6, 6.07) is 9.45. The van der Waals surface area contributed by atoms with Crippen molar-refractivity contribution in [3.8, 4) is 6.07 Å². The molecular formula is C16H21NO4S. The van der Waals surface area contributed by atoms with Crippen molar-refractivity contribution < 1.29 is 19.0 Å². The second-order valence-corrected chi connectivity index (χ2v) is 5.32. The van der Waals surface area contributed by atoms with E-state index in [-0.39, 0.29) is 18.3 Å². The fourth-order valence-electron chi connectivity index (χ4n) is 1.60. The van der Waals surface area contributed by atoms with Gasteiger partial charge < -0.3 is 14.2 Å². The van der Waals surface area contributed by atoms with Crippen molar-refractivity contribution in [1.82, 2.24) is 0 Å². The van der Waals surface area contributed by atoms with Gasteiger partial charge in [0.1, 0.15) is 6.61 Å². The largest absolute Gasteiger partial charge is 0.463 e. The first-order chi connectivity index (χ1) is 10.8. The van der Waals surface area contributed by atoms with Crippen LogP contribution in [0.4, 0.5) is 0 Å². The molecule has 0 aliphatic heterocycles. The summed E-state index contributed by atoms with van der Waals surface area (Å²) in [5.74, 6) is 0.709. The molecule has 0 aromatic heterocycles. The number of ether oxygens (including phenoxy) is 3. The van der Waals surface area contributed by atoms with Crippen molar-refractivity contribution >= 4 is 17.7 Å². The number of nitrogens with zero attached hydrogens (tertiary/aromatic N) is 1. The number of carbonyl (C=O) groups is 1. The Morgan fingerprint density at radius 3 is 2.77 bits per heavy atom. The molecule has 0 unspecified atom stereocenters. The molecule has 5 nitrogen and oxygen atoms in total. The molecule has 0 N–H and O–H groups in total. The molecule has 0 heterocycles. The Morgan fingerprint density at radius 1 is 1.23 bits per heavy atom. The summed E-state index contributed by atoms with van der Waals surface area (Å²) in [6.07, 6.45) is 0. The minimum Gasteiger partial charge on any atom is -0.463 e. The Balaban J connectivity index is 2.05. The van der Waals surface area contributed by atoms with Crippen molar-refractivity contribution in [3.63, 3.8) is 0 Å². The first kappa shape index (κ1) is 18.5. The van der Waals surface area contributed by atoms with Crippen LogP contribution in [0.15, 0.2) is 24.3 Å². The maximum absolute atomic E-state index is 11.5. The summed E-state index contributed by atoms with van der Waals surface area (Å²) in [7, 11) is 0. The molecular weight excluding hydrogens is 302 g/mol. The molecule has 0 radical (unpaired) electrons. The Kier molecular flexibility index (Phi) is 10.1. The van der Waals surface area contributed by atoms with E-state index in [1.807, 2.05) is 25.1 Å². The van der Waals surface area contributed by atoms with Gasteiger partial charge in [0, 0.05) is 12.4 Å². The van der Waals surface area contributed by atoms with E-state index in [4.69, 9.17) is 19.5 Å². The highest BCUT2D eigenvalue weighted by atomic mass is 32.2. The van der Waals surface area contributed by atoms with Crippen LogP contribution in [0.2, 0.25) is 0 Å². The van der Waals surface area contributed by atoms with Crippen molar-refractivity contribution in [3.05, 3.63) is 35.4 Å². The molecule has 0 aliphatic carbocycles. The van der Waals surface area contributed by atoms with Gasteiger partial charge in [-0.25, -0.2) is 0 Å². The van der Waals surface area contributed by atoms with Crippen LogP contribution >= 0.6 is 11.8 Å². The third-order valence-electron chi connectivity index (χ3n) is 2.61. The predicted octanol–water partition coefficient (Wildman–Crippen LogP) is 2.39. The minimum absolute atomic E-state index is 0.255. The van der Waals surface area contributed by atoms with Crippen LogP contribution < -0.4 is 0 Å². The normalized spacial score (nSPS) is 10.2. The maximum atomic E-state index is 11.5. The first-order valence-electron chi connectivity index (χ1n) is 7.14. The molecule has 0 amide bonds. The molecule has 0 atom stereocenters. The predicted molar refractivity (Wildman–Crippen MR) is 85.6 cm³/mol. The Bertz CT molecular complexity index is 487. The highest BCUT2D eigenvalue weighted by molar-refractivity contribution is 7.99. The van der Waals surface area contributed by atoms with Gasteiger partial charge in [-0.1, -0.05) is 12.1 Å². The van der Waals surface area contributed by atoms with Crippen LogP contribution in [0.3, 0.4) is 0 Å². The summed E-state index contributed by atoms with van der Waals surface area (Å²) in [4.78, 5) is 11.5. The Hall–Kier alpha value is -1.55. The van der Waals surface area contributed by atoms with E-state index in [1.165, 1.54) is 11.8 Å². The lowest BCUT2D eigenvalue weighted by Crippen LogP contribution is -2.14. The van der Waals surface area contributed by atoms with Gasteiger partial charge in [0.15, 0.2) is 0 Å².